The lowest BCUT2D eigenvalue weighted by molar-refractivity contribution is -0.131. The molecule has 1 atom stereocenters. The Morgan fingerprint density at radius 3 is 2.72 bits per heavy atom. The second kappa shape index (κ2) is 5.94. The molecule has 0 bridgehead atoms. The third kappa shape index (κ3) is 2.84. The Bertz CT molecular complexity index is 874. The summed E-state index contributed by atoms with van der Waals surface area (Å²) in [6.07, 6.45) is 2.79. The van der Waals surface area contributed by atoms with Crippen LogP contribution in [0.5, 0.6) is 0 Å². The van der Waals surface area contributed by atoms with Crippen LogP contribution >= 0.6 is 11.3 Å². The topological polar surface area (TPSA) is 101 Å². The number of nitrogens with two attached hydrogens (primary N) is 1. The summed E-state index contributed by atoms with van der Waals surface area (Å²) >= 11 is 1.27. The molecule has 1 aliphatic heterocycles. The monoisotopic (exact) mass is 359 g/mol. The zero-order valence-electron chi connectivity index (χ0n) is 14.3. The van der Waals surface area contributed by atoms with E-state index in [2.05, 4.69) is 15.5 Å². The van der Waals surface area contributed by atoms with Gasteiger partial charge in [0.05, 0.1) is 11.4 Å². The van der Waals surface area contributed by atoms with Gasteiger partial charge in [-0.1, -0.05) is 0 Å². The number of hydrogen-bond acceptors (Lipinski definition) is 6. The van der Waals surface area contributed by atoms with Crippen molar-refractivity contribution in [2.24, 2.45) is 5.92 Å². The van der Waals surface area contributed by atoms with Gasteiger partial charge in [-0.15, -0.1) is 16.4 Å². The number of aryl methyl sites for hydroxylation is 2. The van der Waals surface area contributed by atoms with Gasteiger partial charge in [0.1, 0.15) is 9.71 Å². The van der Waals surface area contributed by atoms with E-state index in [0.717, 1.165) is 35.9 Å². The number of likely N-dealkylation sites (tertiary alicyclic amines) is 1. The molecule has 3 heterocycles. The molecule has 0 spiro atoms. The van der Waals surface area contributed by atoms with Gasteiger partial charge in [0.15, 0.2) is 0 Å². The van der Waals surface area contributed by atoms with Crippen LogP contribution in [0.25, 0.3) is 10.2 Å². The summed E-state index contributed by atoms with van der Waals surface area (Å²) in [4.78, 5) is 27.8. The van der Waals surface area contributed by atoms with Crippen LogP contribution in [0, 0.1) is 19.8 Å². The molecule has 132 valence electrons. The maximum absolute atomic E-state index is 12.7. The molecule has 3 N–H and O–H groups in total. The van der Waals surface area contributed by atoms with Crippen LogP contribution in [0.3, 0.4) is 0 Å². The van der Waals surface area contributed by atoms with Crippen molar-refractivity contribution in [3.05, 3.63) is 16.1 Å². The van der Waals surface area contributed by atoms with Gasteiger partial charge >= 0.3 is 0 Å². The minimum atomic E-state index is -0.191. The number of carbonyl (C=O) groups is 2. The van der Waals surface area contributed by atoms with E-state index in [1.165, 1.54) is 11.3 Å². The number of anilines is 1. The van der Waals surface area contributed by atoms with Gasteiger partial charge in [0, 0.05) is 30.4 Å². The summed E-state index contributed by atoms with van der Waals surface area (Å²) in [5.74, 6) is 0.264. The van der Waals surface area contributed by atoms with E-state index in [4.69, 9.17) is 5.73 Å². The zero-order chi connectivity index (χ0) is 17.7. The summed E-state index contributed by atoms with van der Waals surface area (Å²) < 4.78 is 0. The number of amides is 2. The maximum atomic E-state index is 12.7. The van der Waals surface area contributed by atoms with Gasteiger partial charge in [-0.2, -0.15) is 5.10 Å². The number of hydrogen-bond donors (Lipinski definition) is 2. The highest BCUT2D eigenvalue weighted by Crippen LogP contribution is 2.35. The minimum Gasteiger partial charge on any atom is -0.397 e. The van der Waals surface area contributed by atoms with Gasteiger partial charge in [-0.05, 0) is 38.7 Å². The van der Waals surface area contributed by atoms with Gasteiger partial charge < -0.3 is 16.0 Å². The van der Waals surface area contributed by atoms with E-state index in [0.29, 0.717) is 28.5 Å². The summed E-state index contributed by atoms with van der Waals surface area (Å²) in [5, 5.41) is 12.1. The van der Waals surface area contributed by atoms with E-state index >= 15 is 0 Å². The number of aromatic nitrogens is 2. The second-order valence-corrected chi connectivity index (χ2v) is 7.95. The molecule has 2 aliphatic rings. The third-order valence-corrected chi connectivity index (χ3v) is 6.19. The van der Waals surface area contributed by atoms with E-state index in [1.54, 1.807) is 0 Å². The molecule has 1 unspecified atom stereocenters. The lowest BCUT2D eigenvalue weighted by atomic mass is 10.1. The quantitative estimate of drug-likeness (QED) is 0.867. The number of thiophene rings is 1. The SMILES string of the molecule is Cc1nnc2sc(C(=O)NC3CCN(C(=O)C4CC4)C3)c(N)c2c1C. The van der Waals surface area contributed by atoms with E-state index in [1.807, 2.05) is 18.7 Å². The molecule has 1 saturated carbocycles. The largest absolute Gasteiger partial charge is 0.397 e. The summed E-state index contributed by atoms with van der Waals surface area (Å²) in [6, 6.07) is -0.0197. The van der Waals surface area contributed by atoms with Crippen LogP contribution in [0.1, 0.15) is 40.2 Å². The smallest absolute Gasteiger partial charge is 0.263 e. The molecule has 2 aromatic heterocycles. The molecule has 25 heavy (non-hydrogen) atoms. The Morgan fingerprint density at radius 1 is 1.24 bits per heavy atom. The van der Waals surface area contributed by atoms with Crippen LogP contribution in [-0.2, 0) is 4.79 Å². The fourth-order valence-corrected chi connectivity index (χ4v) is 4.33. The molecular weight excluding hydrogens is 338 g/mol. The minimum absolute atomic E-state index is 0.0197. The average Bonchev–Trinajstić information content (AvgIpc) is 3.24. The molecular formula is C17H21N5O2S. The lowest BCUT2D eigenvalue weighted by Gasteiger charge is -2.16. The summed E-state index contributed by atoms with van der Waals surface area (Å²) in [5.41, 5.74) is 8.47. The lowest BCUT2D eigenvalue weighted by Crippen LogP contribution is -2.38. The van der Waals surface area contributed by atoms with Crippen molar-refractivity contribution < 1.29 is 9.59 Å². The molecule has 7 nitrogen and oxygen atoms in total. The van der Waals surface area contributed by atoms with Crippen molar-refractivity contribution in [1.82, 2.24) is 20.4 Å². The molecule has 8 heteroatoms. The number of rotatable bonds is 3. The van der Waals surface area contributed by atoms with Crippen molar-refractivity contribution >= 4 is 39.1 Å². The average molecular weight is 359 g/mol. The van der Waals surface area contributed by atoms with Crippen LogP contribution < -0.4 is 11.1 Å². The Hall–Kier alpha value is -2.22. The fourth-order valence-electron chi connectivity index (χ4n) is 3.33. The van der Waals surface area contributed by atoms with Crippen LogP contribution in [0.2, 0.25) is 0 Å². The molecule has 2 fully saturated rings. The Kier molecular flexibility index (Phi) is 3.87. The van der Waals surface area contributed by atoms with E-state index in [-0.39, 0.29) is 23.8 Å². The van der Waals surface area contributed by atoms with Crippen LogP contribution in [0.4, 0.5) is 5.69 Å². The molecule has 4 rings (SSSR count). The molecule has 1 aliphatic carbocycles. The first-order valence-corrected chi connectivity index (χ1v) is 9.39. The highest BCUT2D eigenvalue weighted by molar-refractivity contribution is 7.21. The van der Waals surface area contributed by atoms with Crippen molar-refractivity contribution in [2.45, 2.75) is 39.2 Å². The highest BCUT2D eigenvalue weighted by Gasteiger charge is 2.37. The molecule has 2 aromatic rings. The molecule has 1 saturated heterocycles. The van der Waals surface area contributed by atoms with Crippen LogP contribution in [-0.4, -0.2) is 46.0 Å². The molecule has 0 radical (unpaired) electrons. The zero-order valence-corrected chi connectivity index (χ0v) is 15.2. The third-order valence-electron chi connectivity index (χ3n) is 5.10. The number of nitrogen functional groups attached to an aromatic ring is 1. The Morgan fingerprint density at radius 2 is 2.00 bits per heavy atom. The number of carbonyl (C=O) groups excluding carboxylic acids is 2. The normalized spacial score (nSPS) is 20.2. The van der Waals surface area contributed by atoms with Crippen LogP contribution in [0.15, 0.2) is 0 Å². The first-order valence-electron chi connectivity index (χ1n) is 8.57. The van der Waals surface area contributed by atoms with Gasteiger partial charge in [-0.3, -0.25) is 9.59 Å². The molecule has 0 aromatic carbocycles. The number of nitrogens with one attached hydrogen (secondary N) is 1. The Labute approximate surface area is 149 Å². The molecule has 2 amide bonds. The predicted octanol–water partition coefficient (Wildman–Crippen LogP) is 1.63. The maximum Gasteiger partial charge on any atom is 0.263 e. The first-order chi connectivity index (χ1) is 12.0. The van der Waals surface area contributed by atoms with Crippen molar-refractivity contribution in [1.29, 1.82) is 0 Å². The highest BCUT2D eigenvalue weighted by atomic mass is 32.1. The van der Waals surface area contributed by atoms with E-state index < -0.39 is 0 Å². The predicted molar refractivity (Wildman–Crippen MR) is 96.5 cm³/mol. The first kappa shape index (κ1) is 16.3. The van der Waals surface area contributed by atoms with Crippen molar-refractivity contribution in [3.63, 3.8) is 0 Å². The van der Waals surface area contributed by atoms with Gasteiger partial charge in [-0.25, -0.2) is 0 Å². The van der Waals surface area contributed by atoms with Crippen molar-refractivity contribution in [3.8, 4) is 0 Å². The van der Waals surface area contributed by atoms with Crippen molar-refractivity contribution in [2.75, 3.05) is 18.8 Å². The Balaban J connectivity index is 1.50. The fraction of sp³-hybridized carbons (Fsp3) is 0.529. The standard InChI is InChI=1S/C17H21N5O2S/c1-8-9(2)20-21-16-12(8)13(18)14(25-16)15(23)19-11-5-6-22(7-11)17(24)10-3-4-10/h10-11H,3-7,18H2,1-2H3,(H,19,23). The number of fused-ring (bicyclic) bond motifs is 1. The van der Waals surface area contributed by atoms with E-state index in [9.17, 15) is 9.59 Å². The summed E-state index contributed by atoms with van der Waals surface area (Å²) in [6.45, 7) is 5.12. The van der Waals surface area contributed by atoms with Gasteiger partial charge in [0.25, 0.3) is 5.91 Å². The second-order valence-electron chi connectivity index (χ2n) is 6.95. The summed E-state index contributed by atoms with van der Waals surface area (Å²) in [7, 11) is 0. The van der Waals surface area contributed by atoms with Gasteiger partial charge in [0.2, 0.25) is 5.91 Å². The number of nitrogens with zero attached hydrogens (tertiary/aromatic N) is 3.